The molecular formula is C15H14IN3O3. The Balaban J connectivity index is 1.94. The fourth-order valence-corrected chi connectivity index (χ4v) is 2.21. The molecule has 2 N–H and O–H groups in total. The Morgan fingerprint density at radius 3 is 2.50 bits per heavy atom. The number of carbonyl (C=O) groups excluding carboxylic acids is 1. The van der Waals surface area contributed by atoms with Crippen LogP contribution in [-0.4, -0.2) is 17.4 Å². The molecule has 6 nitrogen and oxygen atoms in total. The van der Waals surface area contributed by atoms with Gasteiger partial charge in [0.2, 0.25) is 5.91 Å². The Labute approximate surface area is 141 Å². The first-order valence-electron chi connectivity index (χ1n) is 6.50. The zero-order valence-corrected chi connectivity index (χ0v) is 14.0. The van der Waals surface area contributed by atoms with E-state index in [0.29, 0.717) is 11.3 Å². The second-order valence-corrected chi connectivity index (χ2v) is 5.91. The zero-order valence-electron chi connectivity index (χ0n) is 11.8. The summed E-state index contributed by atoms with van der Waals surface area (Å²) in [5, 5.41) is 16.4. The Kier molecular flexibility index (Phi) is 5.31. The van der Waals surface area contributed by atoms with E-state index in [1.54, 1.807) is 6.92 Å². The number of nitro benzene ring substituents is 1. The van der Waals surface area contributed by atoms with Crippen LogP contribution in [0.5, 0.6) is 0 Å². The Morgan fingerprint density at radius 2 is 1.91 bits per heavy atom. The third kappa shape index (κ3) is 4.42. The summed E-state index contributed by atoms with van der Waals surface area (Å²) in [6, 6.07) is 12.0. The normalized spacial score (nSPS) is 10.1. The second kappa shape index (κ2) is 7.21. The minimum atomic E-state index is -0.461. The smallest absolute Gasteiger partial charge is 0.269 e. The number of nitrogens with one attached hydrogen (secondary N) is 2. The maximum Gasteiger partial charge on any atom is 0.269 e. The van der Waals surface area contributed by atoms with Crippen molar-refractivity contribution in [2.24, 2.45) is 0 Å². The van der Waals surface area contributed by atoms with Crippen molar-refractivity contribution in [3.05, 3.63) is 61.7 Å². The lowest BCUT2D eigenvalue weighted by Crippen LogP contribution is -2.22. The highest BCUT2D eigenvalue weighted by atomic mass is 127. The van der Waals surface area contributed by atoms with E-state index < -0.39 is 4.92 Å². The Bertz CT molecular complexity index is 702. The monoisotopic (exact) mass is 411 g/mol. The van der Waals surface area contributed by atoms with E-state index in [1.807, 2.05) is 24.3 Å². The van der Waals surface area contributed by atoms with Crippen LogP contribution in [0.25, 0.3) is 0 Å². The van der Waals surface area contributed by atoms with E-state index in [-0.39, 0.29) is 18.1 Å². The lowest BCUT2D eigenvalue weighted by molar-refractivity contribution is -0.384. The zero-order chi connectivity index (χ0) is 16.1. The molecule has 0 aliphatic heterocycles. The molecule has 0 aliphatic carbocycles. The maximum atomic E-state index is 11.9. The van der Waals surface area contributed by atoms with Crippen molar-refractivity contribution >= 4 is 45.6 Å². The molecule has 2 rings (SSSR count). The molecule has 0 fully saturated rings. The second-order valence-electron chi connectivity index (χ2n) is 4.66. The molecular weight excluding hydrogens is 397 g/mol. The fourth-order valence-electron chi connectivity index (χ4n) is 1.85. The van der Waals surface area contributed by atoms with Gasteiger partial charge in [0.15, 0.2) is 0 Å². The van der Waals surface area contributed by atoms with Gasteiger partial charge in [0.05, 0.1) is 11.5 Å². The molecule has 2 aromatic carbocycles. The number of carbonyl (C=O) groups is 1. The molecule has 22 heavy (non-hydrogen) atoms. The summed E-state index contributed by atoms with van der Waals surface area (Å²) < 4.78 is 1.12. The number of hydrogen-bond donors (Lipinski definition) is 2. The van der Waals surface area contributed by atoms with Crippen LogP contribution in [-0.2, 0) is 4.79 Å². The van der Waals surface area contributed by atoms with Crippen molar-refractivity contribution in [1.29, 1.82) is 0 Å². The molecule has 0 saturated heterocycles. The molecule has 0 bridgehead atoms. The van der Waals surface area contributed by atoms with Crippen LogP contribution in [0.4, 0.5) is 17.1 Å². The topological polar surface area (TPSA) is 84.3 Å². The van der Waals surface area contributed by atoms with Gasteiger partial charge in [-0.25, -0.2) is 0 Å². The number of hydrogen-bond acceptors (Lipinski definition) is 4. The number of anilines is 2. The number of aryl methyl sites for hydroxylation is 1. The van der Waals surface area contributed by atoms with Gasteiger partial charge in [0, 0.05) is 27.1 Å². The van der Waals surface area contributed by atoms with Crippen molar-refractivity contribution in [3.63, 3.8) is 0 Å². The van der Waals surface area contributed by atoms with Crippen LogP contribution in [0.15, 0.2) is 42.5 Å². The minimum Gasteiger partial charge on any atom is -0.376 e. The van der Waals surface area contributed by atoms with E-state index in [1.165, 1.54) is 18.2 Å². The first-order valence-corrected chi connectivity index (χ1v) is 7.58. The highest BCUT2D eigenvalue weighted by molar-refractivity contribution is 14.1. The summed E-state index contributed by atoms with van der Waals surface area (Å²) >= 11 is 2.21. The van der Waals surface area contributed by atoms with Gasteiger partial charge >= 0.3 is 0 Å². The number of nitrogens with zero attached hydrogens (tertiary/aromatic N) is 1. The lowest BCUT2D eigenvalue weighted by atomic mass is 10.2. The third-order valence-electron chi connectivity index (χ3n) is 2.99. The summed E-state index contributed by atoms with van der Waals surface area (Å²) in [7, 11) is 0. The van der Waals surface area contributed by atoms with Crippen molar-refractivity contribution < 1.29 is 9.72 Å². The molecule has 0 radical (unpaired) electrons. The molecule has 0 aromatic heterocycles. The fraction of sp³-hybridized carbons (Fsp3) is 0.133. The van der Waals surface area contributed by atoms with Gasteiger partial charge in [-0.1, -0.05) is 0 Å². The molecule has 0 saturated carbocycles. The van der Waals surface area contributed by atoms with Crippen LogP contribution in [0.1, 0.15) is 5.56 Å². The number of nitro groups is 1. The summed E-state index contributed by atoms with van der Waals surface area (Å²) in [4.78, 5) is 22.1. The summed E-state index contributed by atoms with van der Waals surface area (Å²) in [6.07, 6.45) is 0. The van der Waals surface area contributed by atoms with Gasteiger partial charge in [0.1, 0.15) is 0 Å². The van der Waals surface area contributed by atoms with Crippen LogP contribution < -0.4 is 10.6 Å². The van der Waals surface area contributed by atoms with Crippen molar-refractivity contribution in [2.45, 2.75) is 6.92 Å². The number of non-ortho nitro benzene ring substituents is 1. The summed E-state index contributed by atoms with van der Waals surface area (Å²) in [5.41, 5.74) is 2.08. The summed E-state index contributed by atoms with van der Waals surface area (Å²) in [6.45, 7) is 1.84. The average molecular weight is 411 g/mol. The minimum absolute atomic E-state index is 0.00696. The number of benzene rings is 2. The van der Waals surface area contributed by atoms with Gasteiger partial charge in [0.25, 0.3) is 5.69 Å². The van der Waals surface area contributed by atoms with Gasteiger partial charge in [-0.3, -0.25) is 14.9 Å². The third-order valence-corrected chi connectivity index (χ3v) is 3.71. The highest BCUT2D eigenvalue weighted by Crippen LogP contribution is 2.21. The van der Waals surface area contributed by atoms with Crippen LogP contribution in [0.3, 0.4) is 0 Å². The largest absolute Gasteiger partial charge is 0.376 e. The molecule has 0 atom stereocenters. The molecule has 0 aliphatic rings. The first kappa shape index (κ1) is 16.2. The number of halogens is 1. The predicted octanol–water partition coefficient (Wildman–Crippen LogP) is 3.56. The van der Waals surface area contributed by atoms with E-state index in [0.717, 1.165) is 9.26 Å². The standard InChI is InChI=1S/C15H14IN3O3/c1-10-8-13(19(21)22)6-7-14(10)18-15(20)9-17-12-4-2-11(16)3-5-12/h2-8,17H,9H2,1H3,(H,18,20). The quantitative estimate of drug-likeness (QED) is 0.448. The van der Waals surface area contributed by atoms with Gasteiger partial charge < -0.3 is 10.6 Å². The van der Waals surface area contributed by atoms with Gasteiger partial charge in [-0.05, 0) is 65.4 Å². The molecule has 114 valence electrons. The molecule has 7 heteroatoms. The Morgan fingerprint density at radius 1 is 1.23 bits per heavy atom. The molecule has 2 aromatic rings. The molecule has 0 unspecified atom stereocenters. The SMILES string of the molecule is Cc1cc([N+](=O)[O-])ccc1NC(=O)CNc1ccc(I)cc1. The first-order chi connectivity index (χ1) is 10.5. The van der Waals surface area contributed by atoms with Crippen LogP contribution in [0, 0.1) is 20.6 Å². The van der Waals surface area contributed by atoms with E-state index in [9.17, 15) is 14.9 Å². The van der Waals surface area contributed by atoms with Crippen LogP contribution >= 0.6 is 22.6 Å². The lowest BCUT2D eigenvalue weighted by Gasteiger charge is -2.10. The van der Waals surface area contributed by atoms with Gasteiger partial charge in [-0.15, -0.1) is 0 Å². The Hall–Kier alpha value is -2.16. The maximum absolute atomic E-state index is 11.9. The van der Waals surface area contributed by atoms with Crippen molar-refractivity contribution in [1.82, 2.24) is 0 Å². The van der Waals surface area contributed by atoms with Crippen LogP contribution in [0.2, 0.25) is 0 Å². The number of amides is 1. The highest BCUT2D eigenvalue weighted by Gasteiger charge is 2.10. The molecule has 0 spiro atoms. The average Bonchev–Trinajstić information content (AvgIpc) is 2.48. The number of rotatable bonds is 5. The van der Waals surface area contributed by atoms with E-state index in [2.05, 4.69) is 33.2 Å². The van der Waals surface area contributed by atoms with E-state index >= 15 is 0 Å². The van der Waals surface area contributed by atoms with Crippen molar-refractivity contribution in [2.75, 3.05) is 17.2 Å². The molecule has 1 amide bonds. The summed E-state index contributed by atoms with van der Waals surface area (Å²) in [5.74, 6) is -0.212. The van der Waals surface area contributed by atoms with E-state index in [4.69, 9.17) is 0 Å². The predicted molar refractivity (Wildman–Crippen MR) is 94.1 cm³/mol. The van der Waals surface area contributed by atoms with Gasteiger partial charge in [-0.2, -0.15) is 0 Å². The molecule has 0 heterocycles. The van der Waals surface area contributed by atoms with Crippen molar-refractivity contribution in [3.8, 4) is 0 Å².